The Morgan fingerprint density at radius 3 is 2.89 bits per heavy atom. The third kappa shape index (κ3) is 2.68. The van der Waals surface area contributed by atoms with Crippen LogP contribution in [0.2, 0.25) is 0 Å². The van der Waals surface area contributed by atoms with Gasteiger partial charge >= 0.3 is 5.97 Å². The fourth-order valence-electron chi connectivity index (χ4n) is 1.99. The third-order valence-corrected chi connectivity index (χ3v) is 4.08. The first-order chi connectivity index (χ1) is 9.04. The van der Waals surface area contributed by atoms with E-state index in [0.29, 0.717) is 26.5 Å². The summed E-state index contributed by atoms with van der Waals surface area (Å²) in [5.41, 5.74) is 0.673. The summed E-state index contributed by atoms with van der Waals surface area (Å²) in [5, 5.41) is 9.86. The Morgan fingerprint density at radius 2 is 2.26 bits per heavy atom. The second-order valence-electron chi connectivity index (χ2n) is 4.44. The van der Waals surface area contributed by atoms with Crippen molar-refractivity contribution in [2.24, 2.45) is 0 Å². The van der Waals surface area contributed by atoms with Gasteiger partial charge in [-0.15, -0.1) is 11.3 Å². The Labute approximate surface area is 115 Å². The van der Waals surface area contributed by atoms with E-state index in [4.69, 9.17) is 9.84 Å². The van der Waals surface area contributed by atoms with Gasteiger partial charge in [-0.1, -0.05) is 13.3 Å². The second kappa shape index (κ2) is 5.52. The van der Waals surface area contributed by atoms with E-state index in [2.05, 4.69) is 16.9 Å². The van der Waals surface area contributed by atoms with Crippen LogP contribution in [-0.4, -0.2) is 27.1 Å². The minimum Gasteiger partial charge on any atom is -0.477 e. The number of fused-ring (bicyclic) bond motifs is 1. The van der Waals surface area contributed by atoms with Crippen molar-refractivity contribution < 1.29 is 14.6 Å². The molecule has 0 radical (unpaired) electrons. The van der Waals surface area contributed by atoms with Crippen molar-refractivity contribution in [3.05, 3.63) is 16.8 Å². The van der Waals surface area contributed by atoms with Crippen LogP contribution in [-0.2, 0) is 0 Å². The van der Waals surface area contributed by atoms with Crippen LogP contribution in [0.15, 0.2) is 6.33 Å². The Kier molecular flexibility index (Phi) is 3.99. The van der Waals surface area contributed by atoms with Crippen molar-refractivity contribution in [3.8, 4) is 5.88 Å². The topological polar surface area (TPSA) is 72.3 Å². The lowest BCUT2D eigenvalue weighted by Gasteiger charge is -2.13. The van der Waals surface area contributed by atoms with Crippen molar-refractivity contribution >= 4 is 27.5 Å². The van der Waals surface area contributed by atoms with Crippen LogP contribution in [0.25, 0.3) is 10.2 Å². The first-order valence-electron chi connectivity index (χ1n) is 6.18. The molecule has 0 aliphatic heterocycles. The van der Waals surface area contributed by atoms with Gasteiger partial charge in [0.25, 0.3) is 0 Å². The van der Waals surface area contributed by atoms with Gasteiger partial charge in [-0.05, 0) is 25.8 Å². The molecule has 0 saturated carbocycles. The number of hydrogen-bond donors (Lipinski definition) is 1. The monoisotopic (exact) mass is 280 g/mol. The highest BCUT2D eigenvalue weighted by Gasteiger charge is 2.20. The molecule has 0 amide bonds. The molecular formula is C13H16N2O3S. The van der Waals surface area contributed by atoms with Gasteiger partial charge in [-0.25, -0.2) is 14.8 Å². The number of aromatic carboxylic acids is 1. The van der Waals surface area contributed by atoms with Crippen molar-refractivity contribution in [1.82, 2.24) is 9.97 Å². The molecule has 0 aliphatic carbocycles. The normalized spacial score (nSPS) is 12.6. The molecule has 5 nitrogen and oxygen atoms in total. The maximum atomic E-state index is 11.1. The van der Waals surface area contributed by atoms with Crippen LogP contribution in [0.4, 0.5) is 0 Å². The van der Waals surface area contributed by atoms with E-state index >= 15 is 0 Å². The molecule has 0 fully saturated rings. The Bertz CT molecular complexity index is 609. The molecule has 2 heterocycles. The second-order valence-corrected chi connectivity index (χ2v) is 5.44. The maximum absolute atomic E-state index is 11.1. The van der Waals surface area contributed by atoms with Crippen molar-refractivity contribution in [3.63, 3.8) is 0 Å². The van der Waals surface area contributed by atoms with E-state index in [1.165, 1.54) is 6.33 Å². The lowest BCUT2D eigenvalue weighted by atomic mass is 10.2. The average Bonchev–Trinajstić information content (AvgIpc) is 2.68. The quantitative estimate of drug-likeness (QED) is 0.910. The molecule has 1 atom stereocenters. The number of hydrogen-bond acceptors (Lipinski definition) is 5. The highest BCUT2D eigenvalue weighted by Crippen LogP contribution is 2.34. The molecule has 0 spiro atoms. The fourth-order valence-corrected chi connectivity index (χ4v) is 2.97. The molecule has 0 aliphatic rings. The van der Waals surface area contributed by atoms with Crippen LogP contribution >= 0.6 is 11.3 Å². The smallest absolute Gasteiger partial charge is 0.346 e. The summed E-state index contributed by atoms with van der Waals surface area (Å²) in [7, 11) is 0. The number of carboxylic acid groups (broad SMARTS) is 1. The van der Waals surface area contributed by atoms with Gasteiger partial charge in [0.2, 0.25) is 5.88 Å². The minimum absolute atomic E-state index is 0.0516. The van der Waals surface area contributed by atoms with Crippen molar-refractivity contribution in [2.75, 3.05) is 0 Å². The molecule has 0 bridgehead atoms. The molecule has 0 aromatic carbocycles. The van der Waals surface area contributed by atoms with Crippen LogP contribution in [0.1, 0.15) is 41.9 Å². The van der Waals surface area contributed by atoms with Crippen LogP contribution in [0.5, 0.6) is 5.88 Å². The summed E-state index contributed by atoms with van der Waals surface area (Å²) in [6.45, 7) is 5.84. The van der Waals surface area contributed by atoms with E-state index < -0.39 is 5.97 Å². The Hall–Kier alpha value is -1.69. The molecule has 1 unspecified atom stereocenters. The average molecular weight is 280 g/mol. The Balaban J connectivity index is 2.47. The first kappa shape index (κ1) is 13.7. The lowest BCUT2D eigenvalue weighted by Crippen LogP contribution is -2.12. The largest absolute Gasteiger partial charge is 0.477 e. The van der Waals surface area contributed by atoms with Gasteiger partial charge in [-0.3, -0.25) is 0 Å². The standard InChI is InChI=1S/C13H16N2O3S/c1-4-5-7(2)18-11-9-8(3)10(13(16)17)19-12(9)15-6-14-11/h6-7H,4-5H2,1-3H3,(H,16,17). The third-order valence-electron chi connectivity index (χ3n) is 2.89. The summed E-state index contributed by atoms with van der Waals surface area (Å²) in [6.07, 6.45) is 3.42. The van der Waals surface area contributed by atoms with Crippen LogP contribution in [0.3, 0.4) is 0 Å². The SMILES string of the molecule is CCCC(C)Oc1ncnc2sc(C(=O)O)c(C)c12. The van der Waals surface area contributed by atoms with Gasteiger partial charge in [0.15, 0.2) is 0 Å². The number of carbonyl (C=O) groups is 1. The lowest BCUT2D eigenvalue weighted by molar-refractivity contribution is 0.0701. The molecule has 19 heavy (non-hydrogen) atoms. The molecule has 2 rings (SSSR count). The summed E-state index contributed by atoms with van der Waals surface area (Å²) in [5.74, 6) is -0.458. The predicted octanol–water partition coefficient (Wildman–Crippen LogP) is 3.27. The van der Waals surface area contributed by atoms with Crippen molar-refractivity contribution in [2.45, 2.75) is 39.7 Å². The van der Waals surface area contributed by atoms with Gasteiger partial charge in [0.1, 0.15) is 16.0 Å². The highest BCUT2D eigenvalue weighted by molar-refractivity contribution is 7.20. The van der Waals surface area contributed by atoms with Gasteiger partial charge in [-0.2, -0.15) is 0 Å². The van der Waals surface area contributed by atoms with E-state index in [1.807, 2.05) is 6.92 Å². The minimum atomic E-state index is -0.937. The highest BCUT2D eigenvalue weighted by atomic mass is 32.1. The number of aromatic nitrogens is 2. The van der Waals surface area contributed by atoms with Crippen molar-refractivity contribution in [1.29, 1.82) is 0 Å². The summed E-state index contributed by atoms with van der Waals surface area (Å²) in [4.78, 5) is 20.4. The molecule has 0 saturated heterocycles. The molecular weight excluding hydrogens is 264 g/mol. The number of aryl methyl sites for hydroxylation is 1. The van der Waals surface area contributed by atoms with E-state index in [1.54, 1.807) is 6.92 Å². The molecule has 2 aromatic heterocycles. The van der Waals surface area contributed by atoms with Gasteiger partial charge in [0, 0.05) is 0 Å². The van der Waals surface area contributed by atoms with Gasteiger partial charge in [0.05, 0.1) is 11.5 Å². The number of nitrogens with zero attached hydrogens (tertiary/aromatic N) is 2. The molecule has 102 valence electrons. The van der Waals surface area contributed by atoms with E-state index in [9.17, 15) is 4.79 Å². The van der Waals surface area contributed by atoms with Crippen LogP contribution < -0.4 is 4.74 Å². The summed E-state index contributed by atoms with van der Waals surface area (Å²) in [6, 6.07) is 0. The summed E-state index contributed by atoms with van der Waals surface area (Å²) < 4.78 is 5.80. The number of rotatable bonds is 5. The number of thiophene rings is 1. The fraction of sp³-hybridized carbons (Fsp3) is 0.462. The molecule has 1 N–H and O–H groups in total. The predicted molar refractivity (Wildman–Crippen MR) is 74.1 cm³/mol. The van der Waals surface area contributed by atoms with Crippen LogP contribution in [0, 0.1) is 6.92 Å². The Morgan fingerprint density at radius 1 is 1.53 bits per heavy atom. The molecule has 6 heteroatoms. The van der Waals surface area contributed by atoms with E-state index in [-0.39, 0.29) is 6.10 Å². The number of carboxylic acids is 1. The zero-order chi connectivity index (χ0) is 14.0. The molecule has 2 aromatic rings. The van der Waals surface area contributed by atoms with Gasteiger partial charge < -0.3 is 9.84 Å². The number of ether oxygens (including phenoxy) is 1. The zero-order valence-corrected chi connectivity index (χ0v) is 12.0. The van der Waals surface area contributed by atoms with E-state index in [0.717, 1.165) is 24.2 Å². The summed E-state index contributed by atoms with van der Waals surface area (Å²) >= 11 is 1.16. The maximum Gasteiger partial charge on any atom is 0.346 e. The first-order valence-corrected chi connectivity index (χ1v) is 7.00. The zero-order valence-electron chi connectivity index (χ0n) is 11.1.